The summed E-state index contributed by atoms with van der Waals surface area (Å²) in [5, 5.41) is 9.84. The molecule has 0 spiro atoms. The van der Waals surface area contributed by atoms with Gasteiger partial charge >= 0.3 is 5.97 Å². The molecule has 0 aromatic heterocycles. The molecule has 3 heteroatoms. The Balaban J connectivity index is 2.40. The van der Waals surface area contributed by atoms with Gasteiger partial charge in [-0.05, 0) is 39.7 Å². The summed E-state index contributed by atoms with van der Waals surface area (Å²) in [5.41, 5.74) is 2.50. The Labute approximate surface area is 102 Å². The summed E-state index contributed by atoms with van der Waals surface area (Å²) in [6.45, 7) is 6.16. The predicted molar refractivity (Wildman–Crippen MR) is 67.2 cm³/mol. The molecule has 1 heterocycles. The zero-order valence-electron chi connectivity index (χ0n) is 10.7. The van der Waals surface area contributed by atoms with Crippen molar-refractivity contribution in [3.63, 3.8) is 0 Å². The van der Waals surface area contributed by atoms with Crippen molar-refractivity contribution in [2.45, 2.75) is 45.8 Å². The Bertz CT molecular complexity index is 373. The SMILES string of the molecule is CC(C)=CCC/C(C)=C/CC1(O)C=CC(=O)O1. The van der Waals surface area contributed by atoms with E-state index in [0.29, 0.717) is 6.42 Å². The van der Waals surface area contributed by atoms with Crippen LogP contribution in [0.4, 0.5) is 0 Å². The number of rotatable bonds is 5. The second-order valence-corrected chi connectivity index (χ2v) is 4.67. The number of cyclic esters (lactones) is 1. The van der Waals surface area contributed by atoms with Gasteiger partial charge in [-0.25, -0.2) is 4.79 Å². The second-order valence-electron chi connectivity index (χ2n) is 4.67. The molecule has 1 aliphatic heterocycles. The van der Waals surface area contributed by atoms with Crippen molar-refractivity contribution in [3.05, 3.63) is 35.5 Å². The van der Waals surface area contributed by atoms with Crippen molar-refractivity contribution >= 4 is 5.97 Å². The van der Waals surface area contributed by atoms with Gasteiger partial charge in [0, 0.05) is 12.5 Å². The van der Waals surface area contributed by atoms with E-state index in [-0.39, 0.29) is 0 Å². The molecule has 1 N–H and O–H groups in total. The van der Waals surface area contributed by atoms with E-state index in [1.807, 2.05) is 13.0 Å². The zero-order valence-corrected chi connectivity index (χ0v) is 10.7. The van der Waals surface area contributed by atoms with Gasteiger partial charge in [0.25, 0.3) is 0 Å². The fourth-order valence-electron chi connectivity index (χ4n) is 1.56. The van der Waals surface area contributed by atoms with Gasteiger partial charge in [0.05, 0.1) is 0 Å². The average Bonchev–Trinajstić information content (AvgIpc) is 2.56. The minimum absolute atomic E-state index is 0.315. The average molecular weight is 236 g/mol. The summed E-state index contributed by atoms with van der Waals surface area (Å²) in [7, 11) is 0. The van der Waals surface area contributed by atoms with Crippen LogP contribution in [0.15, 0.2) is 35.5 Å². The number of allylic oxidation sites excluding steroid dienone is 3. The standard InChI is InChI=1S/C14H20O3/c1-11(2)5-4-6-12(3)7-9-14(16)10-8-13(15)17-14/h5,7-8,10,16H,4,6,9H2,1-3H3/b12-7+. The third-order valence-corrected chi connectivity index (χ3v) is 2.59. The molecule has 1 atom stereocenters. The van der Waals surface area contributed by atoms with Crippen LogP contribution in [0.3, 0.4) is 0 Å². The normalized spacial score (nSPS) is 23.8. The topological polar surface area (TPSA) is 46.5 Å². The highest BCUT2D eigenvalue weighted by molar-refractivity contribution is 5.84. The molecule has 0 amide bonds. The van der Waals surface area contributed by atoms with Crippen LogP contribution in [0, 0.1) is 0 Å². The molecule has 0 aliphatic carbocycles. The molecule has 0 saturated heterocycles. The van der Waals surface area contributed by atoms with Crippen LogP contribution >= 0.6 is 0 Å². The molecule has 17 heavy (non-hydrogen) atoms. The van der Waals surface area contributed by atoms with Crippen LogP contribution in [0.25, 0.3) is 0 Å². The first-order chi connectivity index (χ1) is 7.91. The van der Waals surface area contributed by atoms with Gasteiger partial charge in [0.1, 0.15) is 0 Å². The highest BCUT2D eigenvalue weighted by Crippen LogP contribution is 2.22. The summed E-state index contributed by atoms with van der Waals surface area (Å²) < 4.78 is 4.79. The maximum Gasteiger partial charge on any atom is 0.333 e. The minimum atomic E-state index is -1.44. The maximum atomic E-state index is 10.9. The summed E-state index contributed by atoms with van der Waals surface area (Å²) in [6, 6.07) is 0. The van der Waals surface area contributed by atoms with Crippen molar-refractivity contribution < 1.29 is 14.6 Å². The number of hydrogen-bond donors (Lipinski definition) is 1. The summed E-state index contributed by atoms with van der Waals surface area (Å²) in [4.78, 5) is 10.9. The maximum absolute atomic E-state index is 10.9. The van der Waals surface area contributed by atoms with E-state index >= 15 is 0 Å². The molecular formula is C14H20O3. The predicted octanol–water partition coefficient (Wildman–Crippen LogP) is 2.87. The summed E-state index contributed by atoms with van der Waals surface area (Å²) in [5.74, 6) is -1.92. The number of ether oxygens (including phenoxy) is 1. The van der Waals surface area contributed by atoms with Crippen molar-refractivity contribution in [2.24, 2.45) is 0 Å². The lowest BCUT2D eigenvalue weighted by atomic mass is 10.1. The van der Waals surface area contributed by atoms with Gasteiger partial charge in [-0.3, -0.25) is 0 Å². The Hall–Kier alpha value is -1.35. The van der Waals surface area contributed by atoms with Crippen LogP contribution in [-0.2, 0) is 9.53 Å². The molecule has 0 aromatic rings. The molecule has 1 unspecified atom stereocenters. The Morgan fingerprint density at radius 1 is 1.41 bits per heavy atom. The lowest BCUT2D eigenvalue weighted by Gasteiger charge is -2.17. The molecule has 1 aliphatic rings. The molecule has 1 rings (SSSR count). The zero-order chi connectivity index (χ0) is 12.9. The lowest BCUT2D eigenvalue weighted by molar-refractivity contribution is -0.176. The van der Waals surface area contributed by atoms with E-state index < -0.39 is 11.8 Å². The molecule has 0 bridgehead atoms. The van der Waals surface area contributed by atoms with E-state index in [4.69, 9.17) is 4.74 Å². The second kappa shape index (κ2) is 5.82. The number of carbonyl (C=O) groups is 1. The van der Waals surface area contributed by atoms with Crippen LogP contribution in [0.1, 0.15) is 40.0 Å². The lowest BCUT2D eigenvalue weighted by Crippen LogP contribution is -2.26. The van der Waals surface area contributed by atoms with Gasteiger partial charge in [0.15, 0.2) is 0 Å². The summed E-state index contributed by atoms with van der Waals surface area (Å²) in [6.07, 6.45) is 9.03. The first-order valence-corrected chi connectivity index (χ1v) is 5.85. The van der Waals surface area contributed by atoms with Crippen molar-refractivity contribution in [3.8, 4) is 0 Å². The first kappa shape index (κ1) is 13.7. The number of aliphatic hydroxyl groups is 1. The monoisotopic (exact) mass is 236 g/mol. The Kier molecular flexibility index (Phi) is 4.70. The summed E-state index contributed by atoms with van der Waals surface area (Å²) >= 11 is 0. The van der Waals surface area contributed by atoms with Crippen molar-refractivity contribution in [1.82, 2.24) is 0 Å². The Morgan fingerprint density at radius 3 is 2.65 bits per heavy atom. The number of hydrogen-bond acceptors (Lipinski definition) is 3. The smallest absolute Gasteiger partial charge is 0.333 e. The molecular weight excluding hydrogens is 216 g/mol. The van der Waals surface area contributed by atoms with Crippen LogP contribution in [0.2, 0.25) is 0 Å². The van der Waals surface area contributed by atoms with Crippen LogP contribution in [-0.4, -0.2) is 16.9 Å². The van der Waals surface area contributed by atoms with E-state index in [1.165, 1.54) is 23.3 Å². The quantitative estimate of drug-likeness (QED) is 0.589. The van der Waals surface area contributed by atoms with Gasteiger partial charge in [-0.1, -0.05) is 23.3 Å². The van der Waals surface area contributed by atoms with E-state index in [0.717, 1.165) is 12.8 Å². The van der Waals surface area contributed by atoms with E-state index in [2.05, 4.69) is 19.9 Å². The van der Waals surface area contributed by atoms with Gasteiger partial charge < -0.3 is 9.84 Å². The van der Waals surface area contributed by atoms with Crippen molar-refractivity contribution in [1.29, 1.82) is 0 Å². The van der Waals surface area contributed by atoms with Gasteiger partial charge in [-0.15, -0.1) is 0 Å². The van der Waals surface area contributed by atoms with E-state index in [1.54, 1.807) is 0 Å². The molecule has 0 radical (unpaired) electrons. The minimum Gasteiger partial charge on any atom is -0.426 e. The molecule has 0 saturated carbocycles. The molecule has 0 fully saturated rings. The van der Waals surface area contributed by atoms with Crippen molar-refractivity contribution in [2.75, 3.05) is 0 Å². The number of carbonyl (C=O) groups excluding carboxylic acids is 1. The fraction of sp³-hybridized carbons (Fsp3) is 0.500. The molecule has 94 valence electrons. The largest absolute Gasteiger partial charge is 0.426 e. The van der Waals surface area contributed by atoms with Crippen LogP contribution in [0.5, 0.6) is 0 Å². The highest BCUT2D eigenvalue weighted by atomic mass is 16.7. The molecule has 3 nitrogen and oxygen atoms in total. The van der Waals surface area contributed by atoms with Crippen LogP contribution < -0.4 is 0 Å². The molecule has 0 aromatic carbocycles. The highest BCUT2D eigenvalue weighted by Gasteiger charge is 2.31. The fourth-order valence-corrected chi connectivity index (χ4v) is 1.56. The first-order valence-electron chi connectivity index (χ1n) is 5.85. The van der Waals surface area contributed by atoms with Gasteiger partial charge in [0.2, 0.25) is 5.79 Å². The Morgan fingerprint density at radius 2 is 2.12 bits per heavy atom. The third kappa shape index (κ3) is 5.00. The third-order valence-electron chi connectivity index (χ3n) is 2.59. The number of esters is 1. The van der Waals surface area contributed by atoms with E-state index in [9.17, 15) is 9.90 Å². The van der Waals surface area contributed by atoms with Gasteiger partial charge in [-0.2, -0.15) is 0 Å².